The summed E-state index contributed by atoms with van der Waals surface area (Å²) in [6.45, 7) is 4.93. The lowest BCUT2D eigenvalue weighted by Gasteiger charge is -2.06. The van der Waals surface area contributed by atoms with E-state index in [0.29, 0.717) is 52.4 Å². The van der Waals surface area contributed by atoms with Gasteiger partial charge in [0.05, 0.1) is 5.75 Å². The third-order valence-corrected chi connectivity index (χ3v) is 6.05. The fraction of sp³-hybridized carbons (Fsp3) is 0.350. The third-order valence-electron chi connectivity index (χ3n) is 5.11. The summed E-state index contributed by atoms with van der Waals surface area (Å²) in [5.41, 5.74) is 0.483. The fourth-order valence-electron chi connectivity index (χ4n) is 3.49. The number of halogens is 1. The predicted molar refractivity (Wildman–Crippen MR) is 120 cm³/mol. The fourth-order valence-corrected chi connectivity index (χ4v) is 4.30. The molecule has 0 amide bonds. The van der Waals surface area contributed by atoms with Gasteiger partial charge in [-0.05, 0) is 37.6 Å². The molecule has 0 unspecified atom stereocenters. The van der Waals surface area contributed by atoms with E-state index >= 15 is 0 Å². The molecular formula is C20H23FN8O2S. The zero-order valence-corrected chi connectivity index (χ0v) is 18.5. The monoisotopic (exact) mass is 458 g/mol. The van der Waals surface area contributed by atoms with Gasteiger partial charge in [0.1, 0.15) is 11.6 Å². The number of fused-ring (bicyclic) bond motifs is 1. The molecule has 0 radical (unpaired) electrons. The van der Waals surface area contributed by atoms with Gasteiger partial charge in [-0.25, -0.2) is 18.8 Å². The van der Waals surface area contributed by atoms with Gasteiger partial charge in [-0.3, -0.25) is 14.3 Å². The van der Waals surface area contributed by atoms with Gasteiger partial charge in [-0.1, -0.05) is 25.1 Å². The summed E-state index contributed by atoms with van der Waals surface area (Å²) in [7, 11) is 0. The van der Waals surface area contributed by atoms with Crippen molar-refractivity contribution in [3.05, 3.63) is 56.7 Å². The molecular weight excluding hydrogens is 435 g/mol. The second-order valence-electron chi connectivity index (χ2n) is 7.18. The van der Waals surface area contributed by atoms with Crippen molar-refractivity contribution in [2.75, 3.05) is 5.84 Å². The van der Waals surface area contributed by atoms with E-state index in [1.165, 1.54) is 33.1 Å². The number of aromatic amines is 1. The minimum atomic E-state index is -0.457. The van der Waals surface area contributed by atoms with Crippen LogP contribution in [-0.2, 0) is 18.8 Å². The Morgan fingerprint density at radius 1 is 1.12 bits per heavy atom. The number of H-pyrrole nitrogens is 1. The van der Waals surface area contributed by atoms with Crippen LogP contribution < -0.4 is 17.1 Å². The Morgan fingerprint density at radius 3 is 2.56 bits per heavy atom. The van der Waals surface area contributed by atoms with Crippen LogP contribution in [0.25, 0.3) is 22.6 Å². The molecule has 3 N–H and O–H groups in total. The maximum atomic E-state index is 13.2. The number of hydrogen-bond donors (Lipinski definition) is 2. The topological polar surface area (TPSA) is 129 Å². The summed E-state index contributed by atoms with van der Waals surface area (Å²) < 4.78 is 17.8. The van der Waals surface area contributed by atoms with Crippen molar-refractivity contribution in [2.24, 2.45) is 0 Å². The van der Waals surface area contributed by atoms with Crippen LogP contribution in [0.3, 0.4) is 0 Å². The first-order valence-electron chi connectivity index (χ1n) is 10.3. The van der Waals surface area contributed by atoms with E-state index in [1.54, 1.807) is 16.7 Å². The molecule has 4 rings (SSSR count). The lowest BCUT2D eigenvalue weighted by Crippen LogP contribution is -2.31. The summed E-state index contributed by atoms with van der Waals surface area (Å²) >= 11 is 1.30. The molecule has 168 valence electrons. The molecule has 0 fully saturated rings. The Kier molecular flexibility index (Phi) is 6.12. The van der Waals surface area contributed by atoms with Crippen LogP contribution in [0.15, 0.2) is 39.0 Å². The van der Waals surface area contributed by atoms with E-state index in [2.05, 4.69) is 20.2 Å². The number of hydrogen-bond acceptors (Lipinski definition) is 7. The summed E-state index contributed by atoms with van der Waals surface area (Å²) in [6, 6.07) is 5.82. The number of nitrogens with zero attached hydrogens (tertiary/aromatic N) is 6. The molecule has 0 saturated carbocycles. The van der Waals surface area contributed by atoms with Crippen molar-refractivity contribution in [2.45, 2.75) is 50.7 Å². The number of imidazole rings is 1. The maximum absolute atomic E-state index is 13.2. The number of nitrogens with one attached hydrogen (secondary N) is 1. The highest BCUT2D eigenvalue weighted by Crippen LogP contribution is 2.25. The zero-order chi connectivity index (χ0) is 22.8. The average Bonchev–Trinajstić information content (AvgIpc) is 3.33. The number of unbranched alkanes of at least 4 members (excludes halogenated alkanes) is 1. The van der Waals surface area contributed by atoms with Crippen LogP contribution in [0.2, 0.25) is 0 Å². The smallest absolute Gasteiger partial charge is 0.330 e. The summed E-state index contributed by atoms with van der Waals surface area (Å²) in [4.78, 5) is 31.9. The molecule has 12 heteroatoms. The molecule has 1 aromatic carbocycles. The van der Waals surface area contributed by atoms with Gasteiger partial charge in [0.15, 0.2) is 17.0 Å². The third kappa shape index (κ3) is 3.93. The molecule has 0 aliphatic carbocycles. The molecule has 3 aromatic heterocycles. The number of rotatable bonds is 8. The largest absolute Gasteiger partial charge is 0.335 e. The van der Waals surface area contributed by atoms with Gasteiger partial charge < -0.3 is 10.4 Å². The zero-order valence-electron chi connectivity index (χ0n) is 17.7. The van der Waals surface area contributed by atoms with Gasteiger partial charge in [0, 0.05) is 18.7 Å². The Balaban J connectivity index is 1.67. The first kappa shape index (κ1) is 21.8. The van der Waals surface area contributed by atoms with Crippen LogP contribution in [0.5, 0.6) is 0 Å². The highest BCUT2D eigenvalue weighted by molar-refractivity contribution is 7.98. The molecule has 10 nitrogen and oxygen atoms in total. The van der Waals surface area contributed by atoms with Crippen molar-refractivity contribution in [1.82, 2.24) is 34.0 Å². The number of benzene rings is 1. The van der Waals surface area contributed by atoms with Gasteiger partial charge in [0.25, 0.3) is 5.56 Å². The van der Waals surface area contributed by atoms with Crippen molar-refractivity contribution in [3.8, 4) is 11.4 Å². The predicted octanol–water partition coefficient (Wildman–Crippen LogP) is 2.11. The highest BCUT2D eigenvalue weighted by Gasteiger charge is 2.19. The number of aryl methyl sites for hydroxylation is 2. The minimum Gasteiger partial charge on any atom is -0.335 e. The Hall–Kier alpha value is -3.41. The molecule has 0 saturated heterocycles. The normalized spacial score (nSPS) is 11.5. The number of nitrogens with two attached hydrogens (primary N) is 1. The van der Waals surface area contributed by atoms with E-state index < -0.39 is 11.2 Å². The molecule has 32 heavy (non-hydrogen) atoms. The molecule has 0 aliphatic heterocycles. The Bertz CT molecular complexity index is 1370. The minimum absolute atomic E-state index is 0.350. The molecule has 0 aliphatic rings. The first-order chi connectivity index (χ1) is 15.4. The summed E-state index contributed by atoms with van der Waals surface area (Å²) in [5.74, 6) is 7.20. The van der Waals surface area contributed by atoms with Crippen LogP contribution >= 0.6 is 11.8 Å². The number of thioether (sulfide) groups is 1. The highest BCUT2D eigenvalue weighted by atomic mass is 32.2. The van der Waals surface area contributed by atoms with E-state index in [9.17, 15) is 14.0 Å². The SMILES string of the molecule is CCCCn1c(=O)[nH]c(=O)c2c1nc(CSc1nnc(-c3ccc(F)cc3)n1N)n2CC. The van der Waals surface area contributed by atoms with Crippen LogP contribution in [0, 0.1) is 5.82 Å². The van der Waals surface area contributed by atoms with E-state index in [-0.39, 0.29) is 5.82 Å². The number of aromatic nitrogens is 7. The Labute approximate surface area is 186 Å². The van der Waals surface area contributed by atoms with Crippen molar-refractivity contribution in [1.29, 1.82) is 0 Å². The van der Waals surface area contributed by atoms with Crippen molar-refractivity contribution < 1.29 is 4.39 Å². The van der Waals surface area contributed by atoms with Crippen molar-refractivity contribution in [3.63, 3.8) is 0 Å². The Morgan fingerprint density at radius 2 is 1.88 bits per heavy atom. The molecule has 0 atom stereocenters. The van der Waals surface area contributed by atoms with Crippen LogP contribution in [0.1, 0.15) is 32.5 Å². The quantitative estimate of drug-likeness (QED) is 0.305. The van der Waals surface area contributed by atoms with Gasteiger partial charge in [0.2, 0.25) is 5.16 Å². The first-order valence-corrected chi connectivity index (χ1v) is 11.2. The molecule has 4 aromatic rings. The molecule has 0 bridgehead atoms. The van der Waals surface area contributed by atoms with Crippen LogP contribution in [-0.4, -0.2) is 34.0 Å². The lowest BCUT2D eigenvalue weighted by atomic mass is 10.2. The van der Waals surface area contributed by atoms with E-state index in [4.69, 9.17) is 5.84 Å². The summed E-state index contributed by atoms with van der Waals surface area (Å²) in [5, 5.41) is 8.67. The molecule has 3 heterocycles. The average molecular weight is 459 g/mol. The number of nitrogen functional groups attached to an aromatic ring is 1. The van der Waals surface area contributed by atoms with Gasteiger partial charge in [-0.15, -0.1) is 10.2 Å². The van der Waals surface area contributed by atoms with E-state index in [0.717, 1.165) is 12.8 Å². The van der Waals surface area contributed by atoms with E-state index in [1.807, 2.05) is 13.8 Å². The van der Waals surface area contributed by atoms with Gasteiger partial charge >= 0.3 is 5.69 Å². The maximum Gasteiger partial charge on any atom is 0.330 e. The van der Waals surface area contributed by atoms with Gasteiger partial charge in [-0.2, -0.15) is 0 Å². The second kappa shape index (κ2) is 8.99. The second-order valence-corrected chi connectivity index (χ2v) is 8.12. The standard InChI is InChI=1S/C20H23FN8O2S/c1-3-5-10-28-17-15(18(30)24-19(28)31)27(4-2)14(23-17)11-32-20-26-25-16(29(20)22)12-6-8-13(21)9-7-12/h6-9H,3-5,10-11,22H2,1-2H3,(H,24,30,31). The molecule has 0 spiro atoms. The lowest BCUT2D eigenvalue weighted by molar-refractivity contribution is 0.613. The van der Waals surface area contributed by atoms with Crippen LogP contribution in [0.4, 0.5) is 4.39 Å². The van der Waals surface area contributed by atoms with Crippen molar-refractivity contribution >= 4 is 22.9 Å². The summed E-state index contributed by atoms with van der Waals surface area (Å²) in [6.07, 6.45) is 1.71.